The molecule has 6 nitrogen and oxygen atoms in total. The Labute approximate surface area is 173 Å². The van der Waals surface area contributed by atoms with Crippen molar-refractivity contribution >= 4 is 11.0 Å². The van der Waals surface area contributed by atoms with E-state index in [1.807, 2.05) is 43.3 Å². The van der Waals surface area contributed by atoms with Crippen LogP contribution in [0.3, 0.4) is 0 Å². The molecule has 0 saturated carbocycles. The van der Waals surface area contributed by atoms with Crippen LogP contribution in [-0.4, -0.2) is 34.5 Å². The van der Waals surface area contributed by atoms with E-state index in [4.69, 9.17) is 9.84 Å². The second-order valence-corrected chi connectivity index (χ2v) is 7.23. The highest BCUT2D eigenvalue weighted by molar-refractivity contribution is 5.92. The summed E-state index contributed by atoms with van der Waals surface area (Å²) in [6.07, 6.45) is 0. The van der Waals surface area contributed by atoms with Crippen molar-refractivity contribution in [1.82, 2.24) is 20.1 Å². The lowest BCUT2D eigenvalue weighted by atomic mass is 10.1. The SMILES string of the molecule is COCC(C)NCc1cc2c(-c3ccc(F)cc3)nn(-c3ccccc3)c2[nH]c1=O. The maximum Gasteiger partial charge on any atom is 0.254 e. The maximum absolute atomic E-state index is 13.5. The highest BCUT2D eigenvalue weighted by Crippen LogP contribution is 2.29. The molecule has 2 aromatic heterocycles. The number of methoxy groups -OCH3 is 1. The zero-order valence-corrected chi connectivity index (χ0v) is 16.9. The summed E-state index contributed by atoms with van der Waals surface area (Å²) in [5, 5.41) is 8.83. The summed E-state index contributed by atoms with van der Waals surface area (Å²) in [5.74, 6) is -0.309. The molecule has 0 spiro atoms. The van der Waals surface area contributed by atoms with E-state index in [2.05, 4.69) is 10.3 Å². The molecule has 154 valence electrons. The zero-order valence-electron chi connectivity index (χ0n) is 16.9. The number of halogens is 1. The monoisotopic (exact) mass is 406 g/mol. The first-order valence-electron chi connectivity index (χ1n) is 9.75. The van der Waals surface area contributed by atoms with Gasteiger partial charge in [0.15, 0.2) is 0 Å². The Morgan fingerprint density at radius 1 is 1.17 bits per heavy atom. The summed E-state index contributed by atoms with van der Waals surface area (Å²) in [6, 6.07) is 17.7. The van der Waals surface area contributed by atoms with Gasteiger partial charge in [0, 0.05) is 36.2 Å². The van der Waals surface area contributed by atoms with Gasteiger partial charge in [-0.3, -0.25) is 4.79 Å². The van der Waals surface area contributed by atoms with E-state index in [1.54, 1.807) is 23.9 Å². The number of H-pyrrole nitrogens is 1. The fourth-order valence-corrected chi connectivity index (χ4v) is 3.42. The van der Waals surface area contributed by atoms with Gasteiger partial charge in [0.05, 0.1) is 12.3 Å². The number of hydrogen-bond donors (Lipinski definition) is 2. The van der Waals surface area contributed by atoms with E-state index in [0.29, 0.717) is 30.1 Å². The lowest BCUT2D eigenvalue weighted by Crippen LogP contribution is -2.31. The van der Waals surface area contributed by atoms with E-state index in [-0.39, 0.29) is 17.4 Å². The third-order valence-corrected chi connectivity index (χ3v) is 4.94. The van der Waals surface area contributed by atoms with Crippen molar-refractivity contribution in [3.63, 3.8) is 0 Å². The summed E-state index contributed by atoms with van der Waals surface area (Å²) in [5.41, 5.74) is 3.29. The van der Waals surface area contributed by atoms with Crippen molar-refractivity contribution in [1.29, 1.82) is 0 Å². The molecule has 0 aliphatic heterocycles. The lowest BCUT2D eigenvalue weighted by Gasteiger charge is -2.12. The Balaban J connectivity index is 1.85. The number of rotatable bonds is 7. The lowest BCUT2D eigenvalue weighted by molar-refractivity contribution is 0.171. The Morgan fingerprint density at radius 3 is 2.60 bits per heavy atom. The zero-order chi connectivity index (χ0) is 21.1. The first-order chi connectivity index (χ1) is 14.6. The molecule has 0 fully saturated rings. The summed E-state index contributed by atoms with van der Waals surface area (Å²) >= 11 is 0. The van der Waals surface area contributed by atoms with Crippen LogP contribution in [0.15, 0.2) is 65.5 Å². The Bertz CT molecular complexity index is 1200. The second-order valence-electron chi connectivity index (χ2n) is 7.23. The molecule has 0 aliphatic carbocycles. The van der Waals surface area contributed by atoms with E-state index in [0.717, 1.165) is 16.6 Å². The van der Waals surface area contributed by atoms with Gasteiger partial charge >= 0.3 is 0 Å². The first-order valence-corrected chi connectivity index (χ1v) is 9.75. The molecular formula is C23H23FN4O2. The molecule has 4 rings (SSSR count). The normalized spacial score (nSPS) is 12.4. The Morgan fingerprint density at radius 2 is 1.90 bits per heavy atom. The predicted octanol–water partition coefficient (Wildman–Crippen LogP) is 3.64. The van der Waals surface area contributed by atoms with Crippen LogP contribution in [0.2, 0.25) is 0 Å². The number of ether oxygens (including phenoxy) is 1. The summed E-state index contributed by atoms with van der Waals surface area (Å²) < 4.78 is 20.3. The van der Waals surface area contributed by atoms with Crippen molar-refractivity contribution in [2.24, 2.45) is 0 Å². The van der Waals surface area contributed by atoms with Crippen molar-refractivity contribution < 1.29 is 9.13 Å². The number of hydrogen-bond acceptors (Lipinski definition) is 4. The number of nitrogens with zero attached hydrogens (tertiary/aromatic N) is 2. The van der Waals surface area contributed by atoms with Gasteiger partial charge in [-0.15, -0.1) is 0 Å². The third-order valence-electron chi connectivity index (χ3n) is 4.94. The number of benzene rings is 2. The molecule has 0 aliphatic rings. The van der Waals surface area contributed by atoms with Gasteiger partial charge < -0.3 is 15.0 Å². The molecule has 0 bridgehead atoms. The van der Waals surface area contributed by atoms with Gasteiger partial charge in [0.1, 0.15) is 17.2 Å². The minimum absolute atomic E-state index is 0.105. The van der Waals surface area contributed by atoms with Gasteiger partial charge in [-0.25, -0.2) is 9.07 Å². The number of aromatic nitrogens is 3. The summed E-state index contributed by atoms with van der Waals surface area (Å²) in [7, 11) is 1.64. The van der Waals surface area contributed by atoms with E-state index >= 15 is 0 Å². The average molecular weight is 406 g/mol. The molecule has 0 amide bonds. The highest BCUT2D eigenvalue weighted by atomic mass is 19.1. The van der Waals surface area contributed by atoms with Gasteiger partial charge in [0.2, 0.25) is 0 Å². The van der Waals surface area contributed by atoms with Crippen LogP contribution < -0.4 is 10.9 Å². The van der Waals surface area contributed by atoms with Gasteiger partial charge in [-0.05, 0) is 49.4 Å². The molecule has 0 radical (unpaired) electrons. The van der Waals surface area contributed by atoms with Crippen molar-refractivity contribution in [2.75, 3.05) is 13.7 Å². The third kappa shape index (κ3) is 4.03. The molecule has 30 heavy (non-hydrogen) atoms. The standard InChI is InChI=1S/C23H23FN4O2/c1-15(14-30-2)25-13-17-12-20-21(16-8-10-18(24)11-9-16)27-28(22(20)26-23(17)29)19-6-4-3-5-7-19/h3-12,15,25H,13-14H2,1-2H3,(H,26,29). The van der Waals surface area contributed by atoms with Crippen LogP contribution in [0.25, 0.3) is 28.0 Å². The van der Waals surface area contributed by atoms with Crippen LogP contribution in [0, 0.1) is 5.82 Å². The molecule has 2 N–H and O–H groups in total. The fourth-order valence-electron chi connectivity index (χ4n) is 3.42. The smallest absolute Gasteiger partial charge is 0.254 e. The number of fused-ring (bicyclic) bond motifs is 1. The van der Waals surface area contributed by atoms with Crippen molar-refractivity contribution in [2.45, 2.75) is 19.5 Å². The molecule has 7 heteroatoms. The first kappa shape index (κ1) is 20.0. The minimum atomic E-state index is -0.309. The van der Waals surface area contributed by atoms with Crippen molar-refractivity contribution in [3.8, 4) is 16.9 Å². The molecule has 2 heterocycles. The predicted molar refractivity (Wildman–Crippen MR) is 115 cm³/mol. The molecule has 2 aromatic carbocycles. The number of pyridine rings is 1. The molecule has 0 saturated heterocycles. The number of nitrogens with one attached hydrogen (secondary N) is 2. The molecule has 1 unspecified atom stereocenters. The van der Waals surface area contributed by atoms with Gasteiger partial charge in [-0.1, -0.05) is 18.2 Å². The Hall–Kier alpha value is -3.29. The van der Waals surface area contributed by atoms with Gasteiger partial charge in [-0.2, -0.15) is 5.10 Å². The maximum atomic E-state index is 13.5. The van der Waals surface area contributed by atoms with E-state index < -0.39 is 0 Å². The average Bonchev–Trinajstić information content (AvgIpc) is 3.11. The molecular weight excluding hydrogens is 383 g/mol. The molecule has 4 aromatic rings. The largest absolute Gasteiger partial charge is 0.383 e. The minimum Gasteiger partial charge on any atom is -0.383 e. The van der Waals surface area contributed by atoms with Crippen LogP contribution >= 0.6 is 0 Å². The van der Waals surface area contributed by atoms with E-state index in [9.17, 15) is 9.18 Å². The summed E-state index contributed by atoms with van der Waals surface area (Å²) in [4.78, 5) is 15.7. The number of aromatic amines is 1. The van der Waals surface area contributed by atoms with Gasteiger partial charge in [0.25, 0.3) is 5.56 Å². The van der Waals surface area contributed by atoms with E-state index in [1.165, 1.54) is 12.1 Å². The van der Waals surface area contributed by atoms with Crippen molar-refractivity contribution in [3.05, 3.63) is 82.4 Å². The Kier molecular flexibility index (Phi) is 5.74. The molecule has 1 atom stereocenters. The van der Waals surface area contributed by atoms with Crippen LogP contribution in [0.4, 0.5) is 4.39 Å². The quantitative estimate of drug-likeness (QED) is 0.492. The summed E-state index contributed by atoms with van der Waals surface area (Å²) in [6.45, 7) is 2.94. The number of para-hydroxylation sites is 1. The van der Waals surface area contributed by atoms with Crippen LogP contribution in [0.5, 0.6) is 0 Å². The highest BCUT2D eigenvalue weighted by Gasteiger charge is 2.17. The fraction of sp³-hybridized carbons (Fsp3) is 0.217. The second kappa shape index (κ2) is 8.61. The van der Waals surface area contributed by atoms with Crippen LogP contribution in [-0.2, 0) is 11.3 Å². The topological polar surface area (TPSA) is 71.9 Å². The van der Waals surface area contributed by atoms with Crippen LogP contribution in [0.1, 0.15) is 12.5 Å².